The van der Waals surface area contributed by atoms with Crippen molar-refractivity contribution in [3.63, 3.8) is 0 Å². The van der Waals surface area contributed by atoms with Crippen molar-refractivity contribution in [3.8, 4) is 0 Å². The summed E-state index contributed by atoms with van der Waals surface area (Å²) in [6, 6.07) is 10.4. The van der Waals surface area contributed by atoms with Crippen molar-refractivity contribution >= 4 is 23.1 Å². The quantitative estimate of drug-likeness (QED) is 0.715. The zero-order valence-corrected chi connectivity index (χ0v) is 14.9. The summed E-state index contributed by atoms with van der Waals surface area (Å²) >= 11 is 0. The molecule has 6 heteroatoms. The molecule has 6 nitrogen and oxygen atoms in total. The van der Waals surface area contributed by atoms with Crippen molar-refractivity contribution in [1.82, 2.24) is 9.97 Å². The van der Waals surface area contributed by atoms with Crippen LogP contribution in [0.15, 0.2) is 36.5 Å². The van der Waals surface area contributed by atoms with E-state index in [0.717, 1.165) is 44.2 Å². The monoisotopic (exact) mass is 341 g/mol. The van der Waals surface area contributed by atoms with Crippen LogP contribution in [0.25, 0.3) is 0 Å². The fourth-order valence-corrected chi connectivity index (χ4v) is 2.99. The van der Waals surface area contributed by atoms with E-state index in [4.69, 9.17) is 4.74 Å². The molecule has 1 saturated heterocycles. The lowest BCUT2D eigenvalue weighted by atomic mass is 10.1. The Labute approximate surface area is 149 Å². The van der Waals surface area contributed by atoms with E-state index in [1.165, 1.54) is 24.9 Å². The van der Waals surface area contributed by atoms with E-state index in [9.17, 15) is 0 Å². The van der Waals surface area contributed by atoms with Gasteiger partial charge in [0.2, 0.25) is 5.95 Å². The first-order chi connectivity index (χ1) is 12.3. The van der Waals surface area contributed by atoms with Gasteiger partial charge in [0.15, 0.2) is 0 Å². The van der Waals surface area contributed by atoms with Gasteiger partial charge in [-0.25, -0.2) is 4.98 Å². The molecule has 0 bridgehead atoms. The summed E-state index contributed by atoms with van der Waals surface area (Å²) in [4.78, 5) is 11.2. The maximum atomic E-state index is 5.05. The van der Waals surface area contributed by atoms with Crippen molar-refractivity contribution in [2.24, 2.45) is 0 Å². The van der Waals surface area contributed by atoms with Gasteiger partial charge in [-0.05, 0) is 56.0 Å². The molecule has 1 aromatic heterocycles. The van der Waals surface area contributed by atoms with E-state index in [1.54, 1.807) is 13.3 Å². The van der Waals surface area contributed by atoms with Gasteiger partial charge in [0, 0.05) is 50.9 Å². The molecule has 0 radical (unpaired) electrons. The zero-order valence-electron chi connectivity index (χ0n) is 14.9. The Balaban J connectivity index is 1.56. The van der Waals surface area contributed by atoms with Gasteiger partial charge < -0.3 is 20.3 Å². The van der Waals surface area contributed by atoms with E-state index < -0.39 is 0 Å². The molecular formula is C19H27N5O. The highest BCUT2D eigenvalue weighted by Gasteiger charge is 2.10. The van der Waals surface area contributed by atoms with Crippen LogP contribution in [0.3, 0.4) is 0 Å². The third-order valence-electron chi connectivity index (χ3n) is 4.33. The van der Waals surface area contributed by atoms with E-state index >= 15 is 0 Å². The number of hydrogen-bond acceptors (Lipinski definition) is 6. The third kappa shape index (κ3) is 5.32. The first-order valence-corrected chi connectivity index (χ1v) is 9.03. The highest BCUT2D eigenvalue weighted by atomic mass is 16.5. The number of methoxy groups -OCH3 is 1. The normalized spacial score (nSPS) is 14.4. The van der Waals surface area contributed by atoms with Crippen LogP contribution in [0.2, 0.25) is 0 Å². The summed E-state index contributed by atoms with van der Waals surface area (Å²) in [5.74, 6) is 1.42. The molecule has 134 valence electrons. The van der Waals surface area contributed by atoms with Crippen LogP contribution in [0.4, 0.5) is 23.1 Å². The Bertz CT molecular complexity index is 641. The predicted octanol–water partition coefficient (Wildman–Crippen LogP) is 3.66. The van der Waals surface area contributed by atoms with Crippen molar-refractivity contribution in [2.75, 3.05) is 48.9 Å². The van der Waals surface area contributed by atoms with E-state index in [0.29, 0.717) is 5.95 Å². The third-order valence-corrected chi connectivity index (χ3v) is 4.33. The molecule has 3 rings (SSSR count). The van der Waals surface area contributed by atoms with Crippen LogP contribution >= 0.6 is 0 Å². The molecule has 0 atom stereocenters. The van der Waals surface area contributed by atoms with Crippen LogP contribution < -0.4 is 15.5 Å². The van der Waals surface area contributed by atoms with Crippen LogP contribution in [0, 0.1) is 0 Å². The van der Waals surface area contributed by atoms with E-state index in [2.05, 4.69) is 49.8 Å². The van der Waals surface area contributed by atoms with E-state index in [1.807, 2.05) is 6.07 Å². The minimum Gasteiger partial charge on any atom is -0.385 e. The first-order valence-electron chi connectivity index (χ1n) is 9.03. The largest absolute Gasteiger partial charge is 0.385 e. The lowest BCUT2D eigenvalue weighted by molar-refractivity contribution is 0.198. The summed E-state index contributed by atoms with van der Waals surface area (Å²) < 4.78 is 5.05. The topological polar surface area (TPSA) is 62.3 Å². The SMILES string of the molecule is COCCCNc1ccnc(Nc2ccc(N3CCCCC3)cc2)n1. The second kappa shape index (κ2) is 9.22. The molecular weight excluding hydrogens is 314 g/mol. The van der Waals surface area contributed by atoms with Crippen LogP contribution in [0.1, 0.15) is 25.7 Å². The second-order valence-corrected chi connectivity index (χ2v) is 6.26. The van der Waals surface area contributed by atoms with Crippen LogP contribution in [-0.4, -0.2) is 43.3 Å². The molecule has 0 spiro atoms. The maximum absolute atomic E-state index is 5.05. The molecule has 1 aliphatic rings. The van der Waals surface area contributed by atoms with Crippen molar-refractivity contribution in [3.05, 3.63) is 36.5 Å². The lowest BCUT2D eigenvalue weighted by Crippen LogP contribution is -2.29. The number of benzene rings is 1. The summed E-state index contributed by atoms with van der Waals surface area (Å²) in [5.41, 5.74) is 2.29. The number of anilines is 4. The second-order valence-electron chi connectivity index (χ2n) is 6.26. The molecule has 25 heavy (non-hydrogen) atoms. The predicted molar refractivity (Wildman–Crippen MR) is 103 cm³/mol. The molecule has 1 aromatic carbocycles. The van der Waals surface area contributed by atoms with Crippen molar-refractivity contribution in [1.29, 1.82) is 0 Å². The van der Waals surface area contributed by atoms with Gasteiger partial charge >= 0.3 is 0 Å². The number of nitrogens with zero attached hydrogens (tertiary/aromatic N) is 3. The molecule has 2 N–H and O–H groups in total. The minimum absolute atomic E-state index is 0.600. The summed E-state index contributed by atoms with van der Waals surface area (Å²) in [5, 5.41) is 6.55. The Morgan fingerprint density at radius 2 is 1.88 bits per heavy atom. The smallest absolute Gasteiger partial charge is 0.229 e. The summed E-state index contributed by atoms with van der Waals surface area (Å²) in [6.07, 6.45) is 6.64. The Hall–Kier alpha value is -2.34. The molecule has 1 aliphatic heterocycles. The number of rotatable bonds is 8. The highest BCUT2D eigenvalue weighted by Crippen LogP contribution is 2.23. The minimum atomic E-state index is 0.600. The number of hydrogen-bond donors (Lipinski definition) is 2. The molecule has 0 unspecified atom stereocenters. The molecule has 1 fully saturated rings. The van der Waals surface area contributed by atoms with Crippen LogP contribution in [0.5, 0.6) is 0 Å². The van der Waals surface area contributed by atoms with Gasteiger partial charge in [-0.2, -0.15) is 4.98 Å². The Kier molecular flexibility index (Phi) is 6.45. The van der Waals surface area contributed by atoms with Gasteiger partial charge in [-0.15, -0.1) is 0 Å². The van der Waals surface area contributed by atoms with Gasteiger partial charge in [0.1, 0.15) is 5.82 Å². The average Bonchev–Trinajstić information content (AvgIpc) is 2.67. The standard InChI is InChI=1S/C19H27N5O/c1-25-15-5-11-20-18-10-12-21-19(23-18)22-16-6-8-17(9-7-16)24-13-3-2-4-14-24/h6-10,12H,2-5,11,13-15H2,1H3,(H2,20,21,22,23). The summed E-state index contributed by atoms with van der Waals surface area (Å²) in [6.45, 7) is 3.89. The Morgan fingerprint density at radius 3 is 2.64 bits per heavy atom. The molecule has 2 aromatic rings. The fraction of sp³-hybridized carbons (Fsp3) is 0.474. The van der Waals surface area contributed by atoms with Crippen molar-refractivity contribution < 1.29 is 4.74 Å². The van der Waals surface area contributed by atoms with Crippen molar-refractivity contribution in [2.45, 2.75) is 25.7 Å². The van der Waals surface area contributed by atoms with E-state index in [-0.39, 0.29) is 0 Å². The van der Waals surface area contributed by atoms with Gasteiger partial charge in [-0.1, -0.05) is 0 Å². The molecule has 0 amide bonds. The Morgan fingerprint density at radius 1 is 1.08 bits per heavy atom. The number of nitrogens with one attached hydrogen (secondary N) is 2. The lowest BCUT2D eigenvalue weighted by Gasteiger charge is -2.28. The fourth-order valence-electron chi connectivity index (χ4n) is 2.99. The van der Waals surface area contributed by atoms with Gasteiger partial charge in [-0.3, -0.25) is 0 Å². The average molecular weight is 341 g/mol. The van der Waals surface area contributed by atoms with Gasteiger partial charge in [0.05, 0.1) is 0 Å². The number of piperidine rings is 1. The maximum Gasteiger partial charge on any atom is 0.229 e. The molecule has 0 saturated carbocycles. The highest BCUT2D eigenvalue weighted by molar-refractivity contribution is 5.60. The molecule has 2 heterocycles. The van der Waals surface area contributed by atoms with Crippen LogP contribution in [-0.2, 0) is 4.74 Å². The number of aromatic nitrogens is 2. The zero-order chi connectivity index (χ0) is 17.3. The first kappa shape index (κ1) is 17.5. The number of ether oxygens (including phenoxy) is 1. The summed E-state index contributed by atoms with van der Waals surface area (Å²) in [7, 11) is 1.71. The molecule has 0 aliphatic carbocycles. The van der Waals surface area contributed by atoms with Gasteiger partial charge in [0.25, 0.3) is 0 Å².